The normalized spacial score (nSPS) is 12.6. The Bertz CT molecular complexity index is 136. The van der Waals surface area contributed by atoms with E-state index >= 15 is 0 Å². The molecule has 3 heteroatoms. The lowest BCUT2D eigenvalue weighted by Gasteiger charge is -2.04. The van der Waals surface area contributed by atoms with Crippen LogP contribution in [0.4, 0.5) is 13.2 Å². The molecule has 0 atom stereocenters. The molecule has 0 bridgehead atoms. The molecule has 0 unspecified atom stereocenters. The van der Waals surface area contributed by atoms with Crippen LogP contribution >= 0.6 is 0 Å². The number of hydrogen-bond donors (Lipinski definition) is 0. The minimum absolute atomic E-state index is 0.277. The van der Waals surface area contributed by atoms with E-state index in [1.165, 1.54) is 0 Å². The van der Waals surface area contributed by atoms with E-state index in [1.807, 2.05) is 19.1 Å². The van der Waals surface area contributed by atoms with Crippen LogP contribution in [0.1, 0.15) is 45.4 Å². The molecule has 0 rings (SSSR count). The maximum atomic E-state index is 11.7. The van der Waals surface area contributed by atoms with Gasteiger partial charge in [0.25, 0.3) is 0 Å². The van der Waals surface area contributed by atoms with Crippen LogP contribution < -0.4 is 0 Å². The third-order valence-corrected chi connectivity index (χ3v) is 1.82. The van der Waals surface area contributed by atoms with Crippen molar-refractivity contribution in [2.75, 3.05) is 0 Å². The van der Waals surface area contributed by atoms with E-state index in [0.29, 0.717) is 6.42 Å². The van der Waals surface area contributed by atoms with Gasteiger partial charge in [-0.05, 0) is 26.2 Å². The lowest BCUT2D eigenvalue weighted by Crippen LogP contribution is -2.06. The summed E-state index contributed by atoms with van der Waals surface area (Å²) in [5.41, 5.74) is 0. The summed E-state index contributed by atoms with van der Waals surface area (Å²) >= 11 is 0. The summed E-state index contributed by atoms with van der Waals surface area (Å²) in [5, 5.41) is 0. The van der Waals surface area contributed by atoms with Crippen molar-refractivity contribution in [2.45, 2.75) is 51.6 Å². The van der Waals surface area contributed by atoms with E-state index in [4.69, 9.17) is 0 Å². The van der Waals surface area contributed by atoms with E-state index in [2.05, 4.69) is 0 Å². The predicted octanol–water partition coefficient (Wildman–Crippen LogP) is 4.47. The first-order valence-electron chi connectivity index (χ1n) is 4.74. The molecule has 0 N–H and O–H groups in total. The van der Waals surface area contributed by atoms with Gasteiger partial charge < -0.3 is 0 Å². The Labute approximate surface area is 77.8 Å². The molecule has 0 aromatic heterocycles. The summed E-state index contributed by atoms with van der Waals surface area (Å²) in [6, 6.07) is 0. The standard InChI is InChI=1S/C10H17F3/c1-2-3-4-5-6-7-8-9-10(11,12)13/h2-3H,4-9H2,1H3/b3-2+. The molecule has 0 aliphatic carbocycles. The van der Waals surface area contributed by atoms with Gasteiger partial charge in [0.2, 0.25) is 0 Å². The van der Waals surface area contributed by atoms with Gasteiger partial charge in [-0.2, -0.15) is 13.2 Å². The number of rotatable bonds is 6. The van der Waals surface area contributed by atoms with Crippen LogP contribution in [-0.2, 0) is 0 Å². The predicted molar refractivity (Wildman–Crippen MR) is 48.6 cm³/mol. The smallest absolute Gasteiger partial charge is 0.171 e. The van der Waals surface area contributed by atoms with Crippen molar-refractivity contribution in [3.8, 4) is 0 Å². The number of alkyl halides is 3. The highest BCUT2D eigenvalue weighted by Crippen LogP contribution is 2.22. The van der Waals surface area contributed by atoms with Gasteiger partial charge in [-0.3, -0.25) is 0 Å². The van der Waals surface area contributed by atoms with Gasteiger partial charge in [0.05, 0.1) is 0 Å². The molecule has 0 amide bonds. The summed E-state index contributed by atoms with van der Waals surface area (Å²) in [6.45, 7) is 1.95. The van der Waals surface area contributed by atoms with Crippen molar-refractivity contribution in [3.05, 3.63) is 12.2 Å². The molecule has 0 radical (unpaired) electrons. The highest BCUT2D eigenvalue weighted by atomic mass is 19.4. The van der Waals surface area contributed by atoms with Gasteiger partial charge in [-0.25, -0.2) is 0 Å². The molecule has 0 nitrogen and oxygen atoms in total. The first-order valence-corrected chi connectivity index (χ1v) is 4.74. The minimum atomic E-state index is -3.97. The first-order chi connectivity index (χ1) is 6.06. The van der Waals surface area contributed by atoms with Gasteiger partial charge in [0, 0.05) is 6.42 Å². The summed E-state index contributed by atoms with van der Waals surface area (Å²) in [7, 11) is 0. The lowest BCUT2D eigenvalue weighted by atomic mass is 10.1. The van der Waals surface area contributed by atoms with E-state index in [1.54, 1.807) is 0 Å². The second-order valence-electron chi connectivity index (χ2n) is 3.14. The van der Waals surface area contributed by atoms with Crippen molar-refractivity contribution in [3.63, 3.8) is 0 Å². The van der Waals surface area contributed by atoms with Crippen LogP contribution in [0.3, 0.4) is 0 Å². The first kappa shape index (κ1) is 12.5. The lowest BCUT2D eigenvalue weighted by molar-refractivity contribution is -0.135. The fraction of sp³-hybridized carbons (Fsp3) is 0.800. The van der Waals surface area contributed by atoms with Crippen molar-refractivity contribution in [1.82, 2.24) is 0 Å². The summed E-state index contributed by atoms with van der Waals surface area (Å²) in [6.07, 6.45) is 3.28. The molecule has 0 aromatic rings. The second-order valence-corrected chi connectivity index (χ2v) is 3.14. The van der Waals surface area contributed by atoms with Crippen LogP contribution in [0, 0.1) is 0 Å². The Kier molecular flexibility index (Phi) is 6.73. The maximum Gasteiger partial charge on any atom is 0.389 e. The molecule has 0 heterocycles. The molecule has 0 saturated heterocycles. The zero-order chi connectivity index (χ0) is 10.2. The van der Waals surface area contributed by atoms with Crippen LogP contribution in [-0.4, -0.2) is 6.18 Å². The second kappa shape index (κ2) is 6.98. The summed E-state index contributed by atoms with van der Waals surface area (Å²) in [5.74, 6) is 0. The molecule has 0 aliphatic rings. The molecule has 13 heavy (non-hydrogen) atoms. The molecule has 0 fully saturated rings. The highest BCUT2D eigenvalue weighted by molar-refractivity contribution is 4.76. The van der Waals surface area contributed by atoms with Crippen LogP contribution in [0.15, 0.2) is 12.2 Å². The SMILES string of the molecule is C/C=C/CCCCCCC(F)(F)F. The number of allylic oxidation sites excluding steroid dienone is 2. The average molecular weight is 194 g/mol. The van der Waals surface area contributed by atoms with E-state index in [0.717, 1.165) is 19.3 Å². The van der Waals surface area contributed by atoms with Gasteiger partial charge in [-0.1, -0.05) is 25.0 Å². The molecule has 0 spiro atoms. The number of halogens is 3. The van der Waals surface area contributed by atoms with Crippen molar-refractivity contribution in [1.29, 1.82) is 0 Å². The summed E-state index contributed by atoms with van der Waals surface area (Å²) < 4.78 is 35.0. The van der Waals surface area contributed by atoms with Gasteiger partial charge >= 0.3 is 6.18 Å². The molecule has 0 aromatic carbocycles. The Balaban J connectivity index is 3.09. The Morgan fingerprint density at radius 1 is 1.00 bits per heavy atom. The fourth-order valence-corrected chi connectivity index (χ4v) is 1.11. The van der Waals surface area contributed by atoms with E-state index < -0.39 is 12.6 Å². The van der Waals surface area contributed by atoms with Gasteiger partial charge in [0.15, 0.2) is 0 Å². The van der Waals surface area contributed by atoms with Crippen molar-refractivity contribution in [2.24, 2.45) is 0 Å². The minimum Gasteiger partial charge on any atom is -0.171 e. The third-order valence-electron chi connectivity index (χ3n) is 1.82. The monoisotopic (exact) mass is 194 g/mol. The summed E-state index contributed by atoms with van der Waals surface area (Å²) in [4.78, 5) is 0. The van der Waals surface area contributed by atoms with Gasteiger partial charge in [-0.15, -0.1) is 0 Å². The van der Waals surface area contributed by atoms with Crippen LogP contribution in [0.5, 0.6) is 0 Å². The van der Waals surface area contributed by atoms with Crippen LogP contribution in [0.2, 0.25) is 0 Å². The Morgan fingerprint density at radius 2 is 1.62 bits per heavy atom. The molecular formula is C10H17F3. The number of unbranched alkanes of at least 4 members (excludes halogenated alkanes) is 4. The maximum absolute atomic E-state index is 11.7. The van der Waals surface area contributed by atoms with Crippen molar-refractivity contribution >= 4 is 0 Å². The zero-order valence-corrected chi connectivity index (χ0v) is 8.03. The van der Waals surface area contributed by atoms with Crippen molar-refractivity contribution < 1.29 is 13.2 Å². The quantitative estimate of drug-likeness (QED) is 0.432. The van der Waals surface area contributed by atoms with E-state index in [9.17, 15) is 13.2 Å². The topological polar surface area (TPSA) is 0 Å². The van der Waals surface area contributed by atoms with Crippen LogP contribution in [0.25, 0.3) is 0 Å². The van der Waals surface area contributed by atoms with Gasteiger partial charge in [0.1, 0.15) is 0 Å². The molecule has 0 saturated carbocycles. The zero-order valence-electron chi connectivity index (χ0n) is 8.03. The fourth-order valence-electron chi connectivity index (χ4n) is 1.11. The highest BCUT2D eigenvalue weighted by Gasteiger charge is 2.25. The average Bonchev–Trinajstić information content (AvgIpc) is 2.01. The Hall–Kier alpha value is -0.470. The molecular weight excluding hydrogens is 177 g/mol. The Morgan fingerprint density at radius 3 is 2.15 bits per heavy atom. The third kappa shape index (κ3) is 11.5. The number of hydrogen-bond acceptors (Lipinski definition) is 0. The largest absolute Gasteiger partial charge is 0.389 e. The van der Waals surface area contributed by atoms with E-state index in [-0.39, 0.29) is 6.42 Å². The molecule has 78 valence electrons. The molecule has 0 aliphatic heterocycles.